The van der Waals surface area contributed by atoms with Gasteiger partial charge >= 0.3 is 12.0 Å². The molecule has 0 unspecified atom stereocenters. The van der Waals surface area contributed by atoms with Crippen LogP contribution in [0.15, 0.2) is 6.07 Å². The number of esters is 1. The summed E-state index contributed by atoms with van der Waals surface area (Å²) in [5.41, 5.74) is 1.20. The van der Waals surface area contributed by atoms with E-state index in [0.717, 1.165) is 25.7 Å². The minimum Gasteiger partial charge on any atom is -0.451 e. The van der Waals surface area contributed by atoms with Crippen LogP contribution < -0.4 is 10.6 Å². The van der Waals surface area contributed by atoms with Crippen LogP contribution in [0, 0.1) is 0 Å². The normalized spacial score (nSPS) is 12.6. The van der Waals surface area contributed by atoms with Crippen molar-refractivity contribution < 1.29 is 19.1 Å². The molecule has 0 spiro atoms. The quantitative estimate of drug-likeness (QED) is 0.810. The molecule has 1 aliphatic rings. The molecule has 0 atom stereocenters. The molecule has 114 valence electrons. The zero-order valence-corrected chi connectivity index (χ0v) is 12.7. The summed E-state index contributed by atoms with van der Waals surface area (Å²) in [7, 11) is 0. The van der Waals surface area contributed by atoms with Gasteiger partial charge in [-0.25, -0.2) is 9.59 Å². The molecule has 1 aliphatic carbocycles. The van der Waals surface area contributed by atoms with E-state index in [0.29, 0.717) is 11.4 Å². The van der Waals surface area contributed by atoms with Gasteiger partial charge in [-0.05, 0) is 37.3 Å². The van der Waals surface area contributed by atoms with Gasteiger partial charge in [0.05, 0.1) is 0 Å². The largest absolute Gasteiger partial charge is 0.451 e. The van der Waals surface area contributed by atoms with E-state index >= 15 is 0 Å². The molecule has 2 rings (SSSR count). The first-order chi connectivity index (χ1) is 10.1. The van der Waals surface area contributed by atoms with Gasteiger partial charge in [0, 0.05) is 11.4 Å². The Labute approximate surface area is 126 Å². The lowest BCUT2D eigenvalue weighted by molar-refractivity contribution is -0.123. The van der Waals surface area contributed by atoms with E-state index in [-0.39, 0.29) is 0 Å². The average Bonchev–Trinajstić information content (AvgIpc) is 3.03. The van der Waals surface area contributed by atoms with Crippen molar-refractivity contribution >= 4 is 29.2 Å². The third-order valence-electron chi connectivity index (χ3n) is 3.07. The smallest absolute Gasteiger partial charge is 0.348 e. The van der Waals surface area contributed by atoms with Gasteiger partial charge < -0.3 is 10.1 Å². The Morgan fingerprint density at radius 3 is 2.86 bits per heavy atom. The van der Waals surface area contributed by atoms with Crippen molar-refractivity contribution in [2.45, 2.75) is 32.6 Å². The first-order valence-corrected chi connectivity index (χ1v) is 7.78. The molecule has 0 aromatic carbocycles. The van der Waals surface area contributed by atoms with Gasteiger partial charge in [0.15, 0.2) is 6.61 Å². The summed E-state index contributed by atoms with van der Waals surface area (Å²) < 4.78 is 4.91. The van der Waals surface area contributed by atoms with Crippen LogP contribution in [0.25, 0.3) is 0 Å². The molecule has 0 saturated heterocycles. The minimum atomic E-state index is -0.638. The van der Waals surface area contributed by atoms with Crippen molar-refractivity contribution in [3.8, 4) is 0 Å². The van der Waals surface area contributed by atoms with Gasteiger partial charge in [-0.15, -0.1) is 11.3 Å². The number of urea groups is 1. The van der Waals surface area contributed by atoms with E-state index in [1.54, 1.807) is 0 Å². The highest BCUT2D eigenvalue weighted by Crippen LogP contribution is 2.30. The Bertz CT molecular complexity index is 532. The number of carbonyl (C=O) groups excluding carboxylic acids is 3. The average molecular weight is 310 g/mol. The number of amides is 3. The van der Waals surface area contributed by atoms with Crippen molar-refractivity contribution in [2.24, 2.45) is 0 Å². The number of aryl methyl sites for hydroxylation is 2. The molecule has 0 bridgehead atoms. The summed E-state index contributed by atoms with van der Waals surface area (Å²) in [4.78, 5) is 36.3. The number of thiophene rings is 1. The molecule has 3 amide bonds. The molecule has 0 radical (unpaired) electrons. The first-order valence-electron chi connectivity index (χ1n) is 6.96. The number of hydrogen-bond donors (Lipinski definition) is 2. The molecule has 0 aliphatic heterocycles. The van der Waals surface area contributed by atoms with E-state index in [1.165, 1.54) is 21.8 Å². The van der Waals surface area contributed by atoms with Crippen LogP contribution in [0.3, 0.4) is 0 Å². The Balaban J connectivity index is 1.75. The minimum absolute atomic E-state index is 0.457. The summed E-state index contributed by atoms with van der Waals surface area (Å²) in [6.45, 7) is 1.93. The molecular weight excluding hydrogens is 292 g/mol. The van der Waals surface area contributed by atoms with E-state index < -0.39 is 24.5 Å². The monoisotopic (exact) mass is 310 g/mol. The first kappa shape index (κ1) is 15.5. The van der Waals surface area contributed by atoms with Crippen molar-refractivity contribution in [3.05, 3.63) is 21.4 Å². The van der Waals surface area contributed by atoms with Crippen LogP contribution in [0.1, 0.15) is 39.9 Å². The van der Waals surface area contributed by atoms with Crippen LogP contribution in [0.4, 0.5) is 4.79 Å². The second kappa shape index (κ2) is 7.21. The molecule has 1 heterocycles. The van der Waals surface area contributed by atoms with Crippen LogP contribution in [0.5, 0.6) is 0 Å². The maximum atomic E-state index is 11.8. The van der Waals surface area contributed by atoms with E-state index in [1.807, 2.05) is 13.0 Å². The van der Waals surface area contributed by atoms with Gasteiger partial charge in [-0.1, -0.05) is 6.92 Å². The number of rotatable bonds is 5. The fraction of sp³-hybridized carbons (Fsp3) is 0.500. The SMILES string of the molecule is CCCNC(=O)NC(=O)COC(=O)c1cc2c(s1)CCC2. The predicted molar refractivity (Wildman–Crippen MR) is 78.5 cm³/mol. The lowest BCUT2D eigenvalue weighted by atomic mass is 10.2. The van der Waals surface area contributed by atoms with Crippen molar-refractivity contribution in [3.63, 3.8) is 0 Å². The van der Waals surface area contributed by atoms with Gasteiger partial charge in [0.25, 0.3) is 5.91 Å². The number of ether oxygens (including phenoxy) is 1. The number of fused-ring (bicyclic) bond motifs is 1. The van der Waals surface area contributed by atoms with Gasteiger partial charge in [-0.2, -0.15) is 0 Å². The summed E-state index contributed by atoms with van der Waals surface area (Å²) in [6, 6.07) is 1.26. The molecule has 21 heavy (non-hydrogen) atoms. The molecule has 0 saturated carbocycles. The fourth-order valence-electron chi connectivity index (χ4n) is 2.08. The van der Waals surface area contributed by atoms with Gasteiger partial charge in [0.1, 0.15) is 4.88 Å². The summed E-state index contributed by atoms with van der Waals surface area (Å²) in [5, 5.41) is 4.60. The second-order valence-electron chi connectivity index (χ2n) is 4.79. The Hall–Kier alpha value is -1.89. The lowest BCUT2D eigenvalue weighted by Crippen LogP contribution is -2.41. The number of imide groups is 1. The second-order valence-corrected chi connectivity index (χ2v) is 5.93. The Kier molecular flexibility index (Phi) is 5.32. The molecule has 7 heteroatoms. The summed E-state index contributed by atoms with van der Waals surface area (Å²) in [5.74, 6) is -1.15. The van der Waals surface area contributed by atoms with Crippen molar-refractivity contribution in [1.29, 1.82) is 0 Å². The Morgan fingerprint density at radius 1 is 1.33 bits per heavy atom. The van der Waals surface area contributed by atoms with Gasteiger partial charge in [0.2, 0.25) is 0 Å². The third-order valence-corrected chi connectivity index (χ3v) is 4.29. The molecule has 1 aromatic heterocycles. The molecule has 1 aromatic rings. The number of nitrogens with one attached hydrogen (secondary N) is 2. The topological polar surface area (TPSA) is 84.5 Å². The van der Waals surface area contributed by atoms with E-state index in [2.05, 4.69) is 10.6 Å². The summed E-state index contributed by atoms with van der Waals surface area (Å²) in [6.07, 6.45) is 3.91. The lowest BCUT2D eigenvalue weighted by Gasteiger charge is -2.06. The number of hydrogen-bond acceptors (Lipinski definition) is 5. The third kappa shape index (κ3) is 4.29. The maximum Gasteiger partial charge on any atom is 0.348 e. The zero-order valence-electron chi connectivity index (χ0n) is 11.9. The highest BCUT2D eigenvalue weighted by molar-refractivity contribution is 7.14. The molecule has 6 nitrogen and oxygen atoms in total. The van der Waals surface area contributed by atoms with Crippen molar-refractivity contribution in [2.75, 3.05) is 13.2 Å². The van der Waals surface area contributed by atoms with Crippen LogP contribution in [0.2, 0.25) is 0 Å². The summed E-state index contributed by atoms with van der Waals surface area (Å²) >= 11 is 1.42. The molecular formula is C14H18N2O4S. The van der Waals surface area contributed by atoms with E-state index in [4.69, 9.17) is 4.74 Å². The fourth-order valence-corrected chi connectivity index (χ4v) is 3.22. The van der Waals surface area contributed by atoms with Gasteiger partial charge in [-0.3, -0.25) is 10.1 Å². The van der Waals surface area contributed by atoms with Crippen molar-refractivity contribution in [1.82, 2.24) is 10.6 Å². The van der Waals surface area contributed by atoms with Crippen LogP contribution in [-0.4, -0.2) is 31.1 Å². The molecule has 0 fully saturated rings. The number of carbonyl (C=O) groups is 3. The maximum absolute atomic E-state index is 11.8. The predicted octanol–water partition coefficient (Wildman–Crippen LogP) is 1.63. The highest BCUT2D eigenvalue weighted by Gasteiger charge is 2.20. The van der Waals surface area contributed by atoms with Crippen LogP contribution in [-0.2, 0) is 22.4 Å². The molecule has 2 N–H and O–H groups in total. The van der Waals surface area contributed by atoms with Crippen LogP contribution >= 0.6 is 11.3 Å². The Morgan fingerprint density at radius 2 is 2.14 bits per heavy atom. The standard InChI is InChI=1S/C14H18N2O4S/c1-2-6-15-14(19)16-12(17)8-20-13(18)11-7-9-4-3-5-10(9)21-11/h7H,2-6,8H2,1H3,(H2,15,16,17,19). The zero-order chi connectivity index (χ0) is 15.2. The van der Waals surface area contributed by atoms with E-state index in [9.17, 15) is 14.4 Å². The highest BCUT2D eigenvalue weighted by atomic mass is 32.1.